The number of nitrogen functional groups attached to an aromatic ring is 1. The van der Waals surface area contributed by atoms with Crippen LogP contribution < -0.4 is 11.1 Å². The summed E-state index contributed by atoms with van der Waals surface area (Å²) in [6.07, 6.45) is 4.89. The molecule has 1 atom stereocenters. The van der Waals surface area contributed by atoms with E-state index in [4.69, 9.17) is 10.5 Å². The lowest BCUT2D eigenvalue weighted by atomic mass is 10.2. The predicted molar refractivity (Wildman–Crippen MR) is 96.0 cm³/mol. The van der Waals surface area contributed by atoms with Crippen molar-refractivity contribution in [2.75, 3.05) is 17.7 Å². The summed E-state index contributed by atoms with van der Waals surface area (Å²) >= 11 is 3.43. The number of nitrogens with two attached hydrogens (primary N) is 1. The Morgan fingerprint density at radius 3 is 2.79 bits per heavy atom. The van der Waals surface area contributed by atoms with E-state index in [2.05, 4.69) is 36.2 Å². The van der Waals surface area contributed by atoms with Gasteiger partial charge in [-0.1, -0.05) is 15.9 Å². The van der Waals surface area contributed by atoms with E-state index in [1.54, 1.807) is 6.33 Å². The molecule has 124 valence electrons. The molecule has 1 saturated heterocycles. The topological polar surface area (TPSA) is 90.9 Å². The van der Waals surface area contributed by atoms with E-state index in [-0.39, 0.29) is 12.2 Å². The SMILES string of the molecule is Nc1nc(Nc2ccc(Br)cc2)c2ncn(C3CCCCO3)c2n1. The minimum atomic E-state index is -0.0430. The highest BCUT2D eigenvalue weighted by Crippen LogP contribution is 2.29. The van der Waals surface area contributed by atoms with Crippen molar-refractivity contribution in [3.8, 4) is 0 Å². The zero-order valence-corrected chi connectivity index (χ0v) is 14.5. The fourth-order valence-corrected chi connectivity index (χ4v) is 3.11. The van der Waals surface area contributed by atoms with Crippen LogP contribution in [0.15, 0.2) is 35.1 Å². The molecule has 7 nitrogen and oxygen atoms in total. The molecule has 0 saturated carbocycles. The zero-order chi connectivity index (χ0) is 16.5. The molecule has 0 bridgehead atoms. The maximum atomic E-state index is 5.91. The van der Waals surface area contributed by atoms with Gasteiger partial charge in [-0.15, -0.1) is 0 Å². The third-order valence-corrected chi connectivity index (χ3v) is 4.54. The highest BCUT2D eigenvalue weighted by molar-refractivity contribution is 9.10. The van der Waals surface area contributed by atoms with Crippen molar-refractivity contribution in [1.29, 1.82) is 0 Å². The van der Waals surface area contributed by atoms with Gasteiger partial charge in [-0.25, -0.2) is 4.98 Å². The molecule has 3 heterocycles. The largest absolute Gasteiger partial charge is 0.368 e. The number of rotatable bonds is 3. The summed E-state index contributed by atoms with van der Waals surface area (Å²) in [7, 11) is 0. The van der Waals surface area contributed by atoms with Crippen molar-refractivity contribution in [2.24, 2.45) is 0 Å². The molecule has 1 unspecified atom stereocenters. The van der Waals surface area contributed by atoms with Crippen LogP contribution in [0, 0.1) is 0 Å². The summed E-state index contributed by atoms with van der Waals surface area (Å²) in [4.78, 5) is 13.2. The molecule has 3 aromatic rings. The monoisotopic (exact) mass is 388 g/mol. The van der Waals surface area contributed by atoms with Crippen molar-refractivity contribution >= 4 is 44.5 Å². The first-order chi connectivity index (χ1) is 11.7. The molecular weight excluding hydrogens is 372 g/mol. The third-order valence-electron chi connectivity index (χ3n) is 4.01. The number of benzene rings is 1. The van der Waals surface area contributed by atoms with E-state index in [1.165, 1.54) is 0 Å². The number of hydrogen-bond donors (Lipinski definition) is 2. The Balaban J connectivity index is 1.73. The van der Waals surface area contributed by atoms with Crippen LogP contribution in [-0.4, -0.2) is 26.1 Å². The predicted octanol–water partition coefficient (Wildman–Crippen LogP) is 3.61. The molecule has 1 aromatic carbocycles. The van der Waals surface area contributed by atoms with Crippen molar-refractivity contribution < 1.29 is 4.74 Å². The van der Waals surface area contributed by atoms with Gasteiger partial charge in [0.05, 0.1) is 6.33 Å². The molecule has 0 aliphatic carbocycles. The summed E-state index contributed by atoms with van der Waals surface area (Å²) in [6, 6.07) is 7.82. The molecule has 3 N–H and O–H groups in total. The lowest BCUT2D eigenvalue weighted by Gasteiger charge is -2.23. The molecule has 24 heavy (non-hydrogen) atoms. The van der Waals surface area contributed by atoms with Crippen molar-refractivity contribution in [2.45, 2.75) is 25.5 Å². The number of fused-ring (bicyclic) bond motifs is 1. The molecule has 1 aliphatic heterocycles. The molecule has 0 amide bonds. The summed E-state index contributed by atoms with van der Waals surface area (Å²) in [5.41, 5.74) is 8.18. The minimum Gasteiger partial charge on any atom is -0.368 e. The standard InChI is InChI=1S/C16H17BrN6O/c17-10-4-6-11(7-5-10)20-14-13-15(22-16(18)21-14)23(9-19-13)12-3-1-2-8-24-12/h4-7,9,12H,1-3,8H2,(H3,18,20,21,22). The molecule has 8 heteroatoms. The van der Waals surface area contributed by atoms with Crippen molar-refractivity contribution in [3.63, 3.8) is 0 Å². The number of anilines is 3. The average Bonchev–Trinajstić information content (AvgIpc) is 3.01. The number of nitrogens with zero attached hydrogens (tertiary/aromatic N) is 4. The van der Waals surface area contributed by atoms with E-state index in [0.717, 1.165) is 36.0 Å². The van der Waals surface area contributed by atoms with Gasteiger partial charge in [-0.05, 0) is 43.5 Å². The maximum Gasteiger partial charge on any atom is 0.224 e. The number of hydrogen-bond acceptors (Lipinski definition) is 6. The Hall–Kier alpha value is -2.19. The normalized spacial score (nSPS) is 18.0. The summed E-state index contributed by atoms with van der Waals surface area (Å²) in [5, 5.41) is 3.26. The third kappa shape index (κ3) is 2.94. The summed E-state index contributed by atoms with van der Waals surface area (Å²) in [5.74, 6) is 0.800. The number of ether oxygens (including phenoxy) is 1. The van der Waals surface area contributed by atoms with Gasteiger partial charge < -0.3 is 15.8 Å². The van der Waals surface area contributed by atoms with Crippen LogP contribution in [0.25, 0.3) is 11.2 Å². The first-order valence-electron chi connectivity index (χ1n) is 7.85. The second-order valence-electron chi connectivity index (χ2n) is 5.71. The zero-order valence-electron chi connectivity index (χ0n) is 12.9. The molecule has 0 spiro atoms. The first kappa shape index (κ1) is 15.3. The van der Waals surface area contributed by atoms with Crippen molar-refractivity contribution in [1.82, 2.24) is 19.5 Å². The van der Waals surface area contributed by atoms with Gasteiger partial charge in [0.1, 0.15) is 6.23 Å². The second kappa shape index (κ2) is 6.37. The Morgan fingerprint density at radius 1 is 1.21 bits per heavy atom. The van der Waals surface area contributed by atoms with Gasteiger partial charge >= 0.3 is 0 Å². The van der Waals surface area contributed by atoms with E-state index >= 15 is 0 Å². The number of imidazole rings is 1. The Labute approximate surface area is 147 Å². The first-order valence-corrected chi connectivity index (χ1v) is 8.64. The number of halogens is 1. The minimum absolute atomic E-state index is 0.0430. The molecule has 2 aromatic heterocycles. The van der Waals surface area contributed by atoms with E-state index in [1.807, 2.05) is 28.8 Å². The highest BCUT2D eigenvalue weighted by Gasteiger charge is 2.21. The van der Waals surface area contributed by atoms with Gasteiger partial charge in [0, 0.05) is 16.8 Å². The van der Waals surface area contributed by atoms with Gasteiger partial charge in [-0.3, -0.25) is 4.57 Å². The van der Waals surface area contributed by atoms with Gasteiger partial charge in [0.25, 0.3) is 0 Å². The number of aromatic nitrogens is 4. The van der Waals surface area contributed by atoms with E-state index in [0.29, 0.717) is 17.0 Å². The lowest BCUT2D eigenvalue weighted by Crippen LogP contribution is -2.18. The average molecular weight is 389 g/mol. The van der Waals surface area contributed by atoms with Crippen LogP contribution in [0.4, 0.5) is 17.5 Å². The van der Waals surface area contributed by atoms with Crippen LogP contribution in [0.1, 0.15) is 25.5 Å². The molecule has 1 aliphatic rings. The van der Waals surface area contributed by atoms with Crippen LogP contribution in [0.2, 0.25) is 0 Å². The molecule has 0 radical (unpaired) electrons. The number of nitrogens with one attached hydrogen (secondary N) is 1. The smallest absolute Gasteiger partial charge is 0.224 e. The lowest BCUT2D eigenvalue weighted by molar-refractivity contribution is -0.0298. The Kier molecular flexibility index (Phi) is 4.07. The Morgan fingerprint density at radius 2 is 2.04 bits per heavy atom. The fraction of sp³-hybridized carbons (Fsp3) is 0.312. The van der Waals surface area contributed by atoms with E-state index < -0.39 is 0 Å². The van der Waals surface area contributed by atoms with Gasteiger partial charge in [0.15, 0.2) is 17.0 Å². The molecule has 1 fully saturated rings. The van der Waals surface area contributed by atoms with Gasteiger partial charge in [0.2, 0.25) is 5.95 Å². The van der Waals surface area contributed by atoms with E-state index in [9.17, 15) is 0 Å². The summed E-state index contributed by atoms with van der Waals surface area (Å²) < 4.78 is 8.79. The fourth-order valence-electron chi connectivity index (χ4n) is 2.84. The van der Waals surface area contributed by atoms with Crippen LogP contribution in [0.5, 0.6) is 0 Å². The van der Waals surface area contributed by atoms with Crippen LogP contribution in [-0.2, 0) is 4.74 Å². The molecular formula is C16H17BrN6O. The second-order valence-corrected chi connectivity index (χ2v) is 6.62. The maximum absolute atomic E-state index is 5.91. The highest BCUT2D eigenvalue weighted by atomic mass is 79.9. The van der Waals surface area contributed by atoms with Gasteiger partial charge in [-0.2, -0.15) is 9.97 Å². The van der Waals surface area contributed by atoms with Crippen LogP contribution >= 0.6 is 15.9 Å². The Bertz CT molecular complexity index is 857. The quantitative estimate of drug-likeness (QED) is 0.711. The summed E-state index contributed by atoms with van der Waals surface area (Å²) in [6.45, 7) is 0.759. The molecule has 4 rings (SSSR count). The van der Waals surface area contributed by atoms with Crippen LogP contribution in [0.3, 0.4) is 0 Å². The van der Waals surface area contributed by atoms with Crippen molar-refractivity contribution in [3.05, 3.63) is 35.1 Å².